The number of carbonyl (C=O) groups excluding carboxylic acids is 1. The van der Waals surface area contributed by atoms with E-state index in [1.165, 1.54) is 0 Å². The molecule has 4 rings (SSSR count). The van der Waals surface area contributed by atoms with Crippen LogP contribution in [-0.4, -0.2) is 57.6 Å². The molecule has 0 radical (unpaired) electrons. The van der Waals surface area contributed by atoms with Crippen LogP contribution in [0.5, 0.6) is 0 Å². The van der Waals surface area contributed by atoms with Gasteiger partial charge in [-0.15, -0.1) is 0 Å². The third-order valence-electron chi connectivity index (χ3n) is 5.93. The number of rotatable bonds is 8. The Labute approximate surface area is 194 Å². The number of amides is 1. The van der Waals surface area contributed by atoms with Crippen LogP contribution in [0.3, 0.4) is 0 Å². The van der Waals surface area contributed by atoms with Crippen molar-refractivity contribution in [2.45, 2.75) is 55.7 Å². The molecule has 2 aliphatic heterocycles. The van der Waals surface area contributed by atoms with Crippen LogP contribution in [0.1, 0.15) is 36.2 Å². The van der Waals surface area contributed by atoms with Crippen LogP contribution in [-0.2, 0) is 24.2 Å². The number of fused-ring (bicyclic) bond motifs is 1. The lowest BCUT2D eigenvalue weighted by Gasteiger charge is -2.27. The summed E-state index contributed by atoms with van der Waals surface area (Å²) in [5.41, 5.74) is 0.797. The zero-order valence-corrected chi connectivity index (χ0v) is 19.9. The van der Waals surface area contributed by atoms with Crippen LogP contribution in [0, 0.1) is 6.92 Å². The van der Waals surface area contributed by atoms with Crippen molar-refractivity contribution in [1.82, 2.24) is 10.0 Å². The molecule has 1 amide bonds. The summed E-state index contributed by atoms with van der Waals surface area (Å²) in [5, 5.41) is 2.92. The van der Waals surface area contributed by atoms with E-state index >= 15 is 0 Å². The van der Waals surface area contributed by atoms with E-state index in [1.54, 1.807) is 36.4 Å². The molecule has 0 bridgehead atoms. The van der Waals surface area contributed by atoms with Crippen molar-refractivity contribution in [2.75, 3.05) is 19.7 Å². The van der Waals surface area contributed by atoms with E-state index < -0.39 is 33.6 Å². The van der Waals surface area contributed by atoms with Crippen LogP contribution in [0.15, 0.2) is 59.5 Å². The summed E-state index contributed by atoms with van der Waals surface area (Å²) in [5.74, 6) is -1.01. The summed E-state index contributed by atoms with van der Waals surface area (Å²) in [6, 6.07) is 15.6. The summed E-state index contributed by atoms with van der Waals surface area (Å²) in [6.45, 7) is 6.22. The monoisotopic (exact) mass is 474 g/mol. The summed E-state index contributed by atoms with van der Waals surface area (Å²) in [4.78, 5) is 12.6. The van der Waals surface area contributed by atoms with Gasteiger partial charge in [0.2, 0.25) is 10.0 Å². The van der Waals surface area contributed by atoms with Gasteiger partial charge in [-0.2, -0.15) is 0 Å². The van der Waals surface area contributed by atoms with Crippen molar-refractivity contribution in [3.63, 3.8) is 0 Å². The minimum absolute atomic E-state index is 0.0540. The number of hydrogen-bond donors (Lipinski definition) is 2. The van der Waals surface area contributed by atoms with E-state index in [2.05, 4.69) is 10.0 Å². The average molecular weight is 475 g/mol. The molecule has 2 aliphatic rings. The van der Waals surface area contributed by atoms with Crippen molar-refractivity contribution in [3.05, 3.63) is 65.7 Å². The molecular formula is C24H30N2O6S. The molecular weight excluding hydrogens is 444 g/mol. The highest BCUT2D eigenvalue weighted by Gasteiger charge is 2.60. The first-order chi connectivity index (χ1) is 15.6. The van der Waals surface area contributed by atoms with Gasteiger partial charge < -0.3 is 19.5 Å². The van der Waals surface area contributed by atoms with Gasteiger partial charge in [-0.3, -0.25) is 4.79 Å². The van der Waals surface area contributed by atoms with E-state index in [1.807, 2.05) is 39.0 Å². The minimum atomic E-state index is -3.68. The second-order valence-electron chi connectivity index (χ2n) is 8.99. The largest absolute Gasteiger partial charge is 0.371 e. The molecule has 2 heterocycles. The molecule has 0 aromatic heterocycles. The number of sulfonamides is 1. The van der Waals surface area contributed by atoms with E-state index in [9.17, 15) is 13.2 Å². The molecule has 9 heteroatoms. The Morgan fingerprint density at radius 3 is 2.48 bits per heavy atom. The summed E-state index contributed by atoms with van der Waals surface area (Å²) in [7, 11) is -3.68. The van der Waals surface area contributed by atoms with Crippen molar-refractivity contribution in [3.8, 4) is 0 Å². The normalized spacial score (nSPS) is 26.2. The zero-order valence-electron chi connectivity index (χ0n) is 19.0. The van der Waals surface area contributed by atoms with E-state index in [0.717, 1.165) is 5.56 Å². The molecule has 8 nitrogen and oxygen atoms in total. The molecule has 2 N–H and O–H groups in total. The molecule has 0 spiro atoms. The van der Waals surface area contributed by atoms with E-state index in [0.29, 0.717) is 18.5 Å². The summed E-state index contributed by atoms with van der Waals surface area (Å²) >= 11 is 0. The van der Waals surface area contributed by atoms with E-state index in [4.69, 9.17) is 14.2 Å². The lowest BCUT2D eigenvalue weighted by atomic mass is 9.93. The van der Waals surface area contributed by atoms with Crippen LogP contribution < -0.4 is 10.0 Å². The standard InChI is InChI=1S/C24H30N2O6S/c1-17-9-11-19(12-10-17)33(28,29)26-15-20-21-24(16-30-20,32-23(2,3)31-21)13-14-25-22(27)18-7-5-4-6-8-18/h4-12,20-21,26H,13-16H2,1-3H3,(H,25,27)/t20-,21-,24+/m1/s1. The lowest BCUT2D eigenvalue weighted by molar-refractivity contribution is -0.190. The average Bonchev–Trinajstić information content (AvgIpc) is 3.23. The van der Waals surface area contributed by atoms with Crippen LogP contribution in [0.2, 0.25) is 0 Å². The molecule has 33 heavy (non-hydrogen) atoms. The van der Waals surface area contributed by atoms with Crippen molar-refractivity contribution in [2.24, 2.45) is 0 Å². The molecule has 2 saturated heterocycles. The molecule has 0 aliphatic carbocycles. The van der Waals surface area contributed by atoms with Crippen LogP contribution in [0.25, 0.3) is 0 Å². The number of aryl methyl sites for hydroxylation is 1. The first-order valence-corrected chi connectivity index (χ1v) is 12.5. The Balaban J connectivity index is 1.39. The molecule has 0 saturated carbocycles. The van der Waals surface area contributed by atoms with Crippen molar-refractivity contribution >= 4 is 15.9 Å². The summed E-state index contributed by atoms with van der Waals surface area (Å²) in [6.07, 6.45) is -0.514. The fraction of sp³-hybridized carbons (Fsp3) is 0.458. The van der Waals surface area contributed by atoms with Crippen LogP contribution in [0.4, 0.5) is 0 Å². The highest BCUT2D eigenvalue weighted by Crippen LogP contribution is 2.45. The quantitative estimate of drug-likeness (QED) is 0.609. The zero-order chi connectivity index (χ0) is 23.7. The maximum atomic E-state index is 12.7. The molecule has 0 unspecified atom stereocenters. The molecule has 3 atom stereocenters. The maximum Gasteiger partial charge on any atom is 0.251 e. The SMILES string of the molecule is Cc1ccc(S(=O)(=O)NC[C@H]2OC[C@]3(CCNC(=O)c4ccccc4)OC(C)(C)O[C@H]23)cc1. The van der Waals surface area contributed by atoms with E-state index in [-0.39, 0.29) is 24.0 Å². The van der Waals surface area contributed by atoms with Gasteiger partial charge in [-0.25, -0.2) is 13.1 Å². The van der Waals surface area contributed by atoms with Gasteiger partial charge in [0.15, 0.2) is 5.79 Å². The second-order valence-corrected chi connectivity index (χ2v) is 10.8. The third kappa shape index (κ3) is 5.28. The van der Waals surface area contributed by atoms with Crippen LogP contribution >= 0.6 is 0 Å². The van der Waals surface area contributed by atoms with Gasteiger partial charge in [-0.1, -0.05) is 35.9 Å². The van der Waals surface area contributed by atoms with Crippen molar-refractivity contribution < 1.29 is 27.4 Å². The smallest absolute Gasteiger partial charge is 0.251 e. The van der Waals surface area contributed by atoms with Gasteiger partial charge in [-0.05, 0) is 51.5 Å². The number of nitrogens with one attached hydrogen (secondary N) is 2. The minimum Gasteiger partial charge on any atom is -0.371 e. The fourth-order valence-electron chi connectivity index (χ4n) is 4.35. The third-order valence-corrected chi connectivity index (χ3v) is 7.37. The molecule has 178 valence electrons. The topological polar surface area (TPSA) is 103 Å². The Morgan fingerprint density at radius 2 is 1.79 bits per heavy atom. The maximum absolute atomic E-state index is 12.7. The number of hydrogen-bond acceptors (Lipinski definition) is 6. The van der Waals surface area contributed by atoms with Gasteiger partial charge in [0, 0.05) is 18.7 Å². The molecule has 2 aromatic carbocycles. The Hall–Kier alpha value is -2.30. The number of ether oxygens (including phenoxy) is 3. The first-order valence-electron chi connectivity index (χ1n) is 11.0. The molecule has 2 fully saturated rings. The van der Waals surface area contributed by atoms with Gasteiger partial charge >= 0.3 is 0 Å². The predicted molar refractivity (Wildman–Crippen MR) is 122 cm³/mol. The van der Waals surface area contributed by atoms with Gasteiger partial charge in [0.25, 0.3) is 5.91 Å². The molecule has 2 aromatic rings. The number of carbonyl (C=O) groups is 1. The second kappa shape index (κ2) is 9.15. The number of benzene rings is 2. The fourth-order valence-corrected chi connectivity index (χ4v) is 5.39. The predicted octanol–water partition coefficient (Wildman–Crippen LogP) is 2.38. The van der Waals surface area contributed by atoms with Gasteiger partial charge in [0.1, 0.15) is 17.8 Å². The Morgan fingerprint density at radius 1 is 1.09 bits per heavy atom. The van der Waals surface area contributed by atoms with Gasteiger partial charge in [0.05, 0.1) is 11.5 Å². The Kier molecular flexibility index (Phi) is 6.61. The van der Waals surface area contributed by atoms with Crippen molar-refractivity contribution in [1.29, 1.82) is 0 Å². The first kappa shape index (κ1) is 23.8. The Bertz CT molecular complexity index is 1090. The lowest BCUT2D eigenvalue weighted by Crippen LogP contribution is -2.46. The summed E-state index contributed by atoms with van der Waals surface area (Å²) < 4.78 is 46.3. The highest BCUT2D eigenvalue weighted by molar-refractivity contribution is 7.89. The highest BCUT2D eigenvalue weighted by atomic mass is 32.2.